The van der Waals surface area contributed by atoms with Crippen molar-refractivity contribution in [3.05, 3.63) is 54.1 Å². The highest BCUT2D eigenvalue weighted by Crippen LogP contribution is 2.30. The van der Waals surface area contributed by atoms with Gasteiger partial charge in [-0.1, -0.05) is 48.0 Å². The topological polar surface area (TPSA) is 29.0 Å². The number of hydrogen-bond acceptors (Lipinski definition) is 3. The van der Waals surface area contributed by atoms with Gasteiger partial charge in [0, 0.05) is 23.5 Å². The van der Waals surface area contributed by atoms with Crippen LogP contribution < -0.4 is 4.90 Å². The van der Waals surface area contributed by atoms with Crippen LogP contribution in [0.5, 0.6) is 0 Å². The van der Waals surface area contributed by atoms with Gasteiger partial charge in [0.05, 0.1) is 11.2 Å². The van der Waals surface area contributed by atoms with Crippen LogP contribution in [0, 0.1) is 6.92 Å². The molecule has 2 aromatic carbocycles. The molecule has 2 heterocycles. The lowest BCUT2D eigenvalue weighted by molar-refractivity contribution is 0.478. The van der Waals surface area contributed by atoms with Crippen molar-refractivity contribution in [2.24, 2.45) is 0 Å². The third-order valence-electron chi connectivity index (χ3n) is 4.98. The van der Waals surface area contributed by atoms with E-state index in [4.69, 9.17) is 9.97 Å². The maximum atomic E-state index is 4.99. The van der Waals surface area contributed by atoms with Crippen molar-refractivity contribution in [3.63, 3.8) is 0 Å². The molecule has 3 aromatic rings. The van der Waals surface area contributed by atoms with Gasteiger partial charge in [0.2, 0.25) is 5.95 Å². The van der Waals surface area contributed by atoms with Crippen molar-refractivity contribution in [1.29, 1.82) is 0 Å². The van der Waals surface area contributed by atoms with Crippen LogP contribution in [0.1, 0.15) is 31.7 Å². The molecule has 122 valence electrons. The van der Waals surface area contributed by atoms with Crippen LogP contribution in [0.3, 0.4) is 0 Å². The Kier molecular flexibility index (Phi) is 3.93. The standard InChI is InChI=1S/C21H23N3/c1-15-10-12-17(13-11-15)20-18-8-3-4-9-19(18)22-21(23-20)24-14-6-5-7-16(24)2/h3-4,8-13,16H,5-7,14H2,1-2H3/t16-/m1/s1. The Hall–Kier alpha value is -2.42. The summed E-state index contributed by atoms with van der Waals surface area (Å²) in [4.78, 5) is 12.2. The first-order valence-corrected chi connectivity index (χ1v) is 8.83. The van der Waals surface area contributed by atoms with Gasteiger partial charge in [0.15, 0.2) is 0 Å². The van der Waals surface area contributed by atoms with E-state index in [1.807, 2.05) is 0 Å². The molecule has 0 aliphatic carbocycles. The molecule has 0 N–H and O–H groups in total. The van der Waals surface area contributed by atoms with Gasteiger partial charge in [-0.05, 0) is 39.2 Å². The molecule has 1 aliphatic rings. The van der Waals surface area contributed by atoms with E-state index < -0.39 is 0 Å². The van der Waals surface area contributed by atoms with E-state index in [2.05, 4.69) is 67.3 Å². The predicted octanol–water partition coefficient (Wildman–Crippen LogP) is 4.98. The second-order valence-electron chi connectivity index (χ2n) is 6.79. The first-order valence-electron chi connectivity index (χ1n) is 8.83. The molecular formula is C21H23N3. The van der Waals surface area contributed by atoms with E-state index in [9.17, 15) is 0 Å². The number of rotatable bonds is 2. The van der Waals surface area contributed by atoms with Gasteiger partial charge >= 0.3 is 0 Å². The maximum Gasteiger partial charge on any atom is 0.226 e. The Balaban J connectivity index is 1.89. The number of piperidine rings is 1. The van der Waals surface area contributed by atoms with E-state index in [-0.39, 0.29) is 0 Å². The van der Waals surface area contributed by atoms with Crippen LogP contribution in [-0.4, -0.2) is 22.6 Å². The van der Waals surface area contributed by atoms with Gasteiger partial charge in [-0.3, -0.25) is 0 Å². The van der Waals surface area contributed by atoms with Gasteiger partial charge in [-0.2, -0.15) is 0 Å². The summed E-state index contributed by atoms with van der Waals surface area (Å²) in [7, 11) is 0. The Morgan fingerprint density at radius 2 is 1.75 bits per heavy atom. The predicted molar refractivity (Wildman–Crippen MR) is 100 cm³/mol. The van der Waals surface area contributed by atoms with Crippen LogP contribution in [0.15, 0.2) is 48.5 Å². The summed E-state index contributed by atoms with van der Waals surface area (Å²) >= 11 is 0. The minimum atomic E-state index is 0.505. The fourth-order valence-corrected chi connectivity index (χ4v) is 3.52. The minimum absolute atomic E-state index is 0.505. The fourth-order valence-electron chi connectivity index (χ4n) is 3.52. The normalized spacial score (nSPS) is 18.1. The van der Waals surface area contributed by atoms with Crippen LogP contribution in [-0.2, 0) is 0 Å². The number of hydrogen-bond donors (Lipinski definition) is 0. The lowest BCUT2D eigenvalue weighted by Gasteiger charge is -2.33. The van der Waals surface area contributed by atoms with Crippen molar-refractivity contribution in [2.45, 2.75) is 39.2 Å². The molecular weight excluding hydrogens is 294 g/mol. The molecule has 4 rings (SSSR count). The second-order valence-corrected chi connectivity index (χ2v) is 6.79. The molecule has 0 spiro atoms. The van der Waals surface area contributed by atoms with Gasteiger partial charge in [0.25, 0.3) is 0 Å². The zero-order valence-electron chi connectivity index (χ0n) is 14.4. The number of nitrogens with zero attached hydrogens (tertiary/aromatic N) is 3. The third-order valence-corrected chi connectivity index (χ3v) is 4.98. The fraction of sp³-hybridized carbons (Fsp3) is 0.333. The average Bonchev–Trinajstić information content (AvgIpc) is 2.62. The van der Waals surface area contributed by atoms with Crippen molar-refractivity contribution in [3.8, 4) is 11.3 Å². The molecule has 3 nitrogen and oxygen atoms in total. The number of aromatic nitrogens is 2. The first-order chi connectivity index (χ1) is 11.7. The lowest BCUT2D eigenvalue weighted by Crippen LogP contribution is -2.38. The second kappa shape index (κ2) is 6.23. The summed E-state index contributed by atoms with van der Waals surface area (Å²) in [5.41, 5.74) is 4.48. The van der Waals surface area contributed by atoms with Crippen LogP contribution in [0.2, 0.25) is 0 Å². The summed E-state index contributed by atoms with van der Waals surface area (Å²) in [6, 6.07) is 17.4. The van der Waals surface area contributed by atoms with E-state index in [0.717, 1.165) is 34.7 Å². The lowest BCUT2D eigenvalue weighted by atomic mass is 10.0. The molecule has 0 bridgehead atoms. The molecule has 1 aromatic heterocycles. The largest absolute Gasteiger partial charge is 0.338 e. The molecule has 1 aliphatic heterocycles. The SMILES string of the molecule is Cc1ccc(-c2nc(N3CCCC[C@H]3C)nc3ccccc23)cc1. The maximum absolute atomic E-state index is 4.99. The summed E-state index contributed by atoms with van der Waals surface area (Å²) < 4.78 is 0. The minimum Gasteiger partial charge on any atom is -0.338 e. The average molecular weight is 317 g/mol. The Morgan fingerprint density at radius 3 is 2.54 bits per heavy atom. The van der Waals surface area contributed by atoms with E-state index in [1.165, 1.54) is 24.8 Å². The van der Waals surface area contributed by atoms with Crippen LogP contribution in [0.25, 0.3) is 22.2 Å². The van der Waals surface area contributed by atoms with Gasteiger partial charge in [0.1, 0.15) is 0 Å². The Bertz CT molecular complexity index is 855. The van der Waals surface area contributed by atoms with Crippen LogP contribution in [0.4, 0.5) is 5.95 Å². The molecule has 1 fully saturated rings. The van der Waals surface area contributed by atoms with E-state index >= 15 is 0 Å². The molecule has 1 atom stereocenters. The number of anilines is 1. The van der Waals surface area contributed by atoms with Crippen molar-refractivity contribution >= 4 is 16.9 Å². The number of fused-ring (bicyclic) bond motifs is 1. The van der Waals surface area contributed by atoms with Gasteiger partial charge in [-0.15, -0.1) is 0 Å². The van der Waals surface area contributed by atoms with Gasteiger partial charge in [-0.25, -0.2) is 9.97 Å². The molecule has 1 saturated heterocycles. The Labute approximate surface area is 143 Å². The highest BCUT2D eigenvalue weighted by molar-refractivity contribution is 5.93. The smallest absolute Gasteiger partial charge is 0.226 e. The zero-order valence-corrected chi connectivity index (χ0v) is 14.4. The summed E-state index contributed by atoms with van der Waals surface area (Å²) in [6.07, 6.45) is 3.74. The van der Waals surface area contributed by atoms with Crippen molar-refractivity contribution in [2.75, 3.05) is 11.4 Å². The summed E-state index contributed by atoms with van der Waals surface area (Å²) in [6.45, 7) is 5.44. The van der Waals surface area contributed by atoms with Crippen molar-refractivity contribution < 1.29 is 0 Å². The molecule has 0 radical (unpaired) electrons. The molecule has 0 saturated carbocycles. The van der Waals surface area contributed by atoms with E-state index in [0.29, 0.717) is 6.04 Å². The van der Waals surface area contributed by atoms with Crippen LogP contribution >= 0.6 is 0 Å². The Morgan fingerprint density at radius 1 is 0.958 bits per heavy atom. The monoisotopic (exact) mass is 317 g/mol. The number of aryl methyl sites for hydroxylation is 1. The van der Waals surface area contributed by atoms with Gasteiger partial charge < -0.3 is 4.90 Å². The van der Waals surface area contributed by atoms with E-state index in [1.54, 1.807) is 0 Å². The summed E-state index contributed by atoms with van der Waals surface area (Å²) in [5.74, 6) is 0.872. The quantitative estimate of drug-likeness (QED) is 0.667. The van der Waals surface area contributed by atoms with Crippen molar-refractivity contribution in [1.82, 2.24) is 9.97 Å². The zero-order chi connectivity index (χ0) is 16.5. The highest BCUT2D eigenvalue weighted by Gasteiger charge is 2.22. The first kappa shape index (κ1) is 15.1. The third kappa shape index (κ3) is 2.75. The molecule has 24 heavy (non-hydrogen) atoms. The molecule has 3 heteroatoms. The number of para-hydroxylation sites is 1. The summed E-state index contributed by atoms with van der Waals surface area (Å²) in [5, 5.41) is 1.12. The molecule has 0 amide bonds. The number of benzene rings is 2. The molecule has 0 unspecified atom stereocenters. The highest BCUT2D eigenvalue weighted by atomic mass is 15.3.